The smallest absolute Gasteiger partial charge is 0.279 e. The van der Waals surface area contributed by atoms with Crippen LogP contribution in [0.2, 0.25) is 0 Å². The molecule has 1 amide bonds. The molecule has 0 fully saturated rings. The Hall–Kier alpha value is -1.39. The summed E-state index contributed by atoms with van der Waals surface area (Å²) >= 11 is 0. The van der Waals surface area contributed by atoms with Gasteiger partial charge in [-0.2, -0.15) is 0 Å². The molecule has 0 aliphatic heterocycles. The summed E-state index contributed by atoms with van der Waals surface area (Å²) in [7, 11) is 0. The van der Waals surface area contributed by atoms with Crippen molar-refractivity contribution in [1.82, 2.24) is 0 Å². The van der Waals surface area contributed by atoms with Crippen molar-refractivity contribution in [3.63, 3.8) is 0 Å². The number of nitrogens with one attached hydrogen (secondary N) is 1. The van der Waals surface area contributed by atoms with Crippen molar-refractivity contribution in [2.24, 2.45) is 0 Å². The molecule has 94 valence electrons. The summed E-state index contributed by atoms with van der Waals surface area (Å²) in [5.74, 6) is -0.00473. The molecule has 0 aliphatic rings. The number of rotatable bonds is 6. The number of hydrogen-bond donors (Lipinski definition) is 3. The van der Waals surface area contributed by atoms with Gasteiger partial charge in [0.1, 0.15) is 0 Å². The van der Waals surface area contributed by atoms with Crippen molar-refractivity contribution in [3.8, 4) is 0 Å². The normalized spacial score (nSPS) is 10.3. The quantitative estimate of drug-likeness (QED) is 0.618. The number of nitrogens with two attached hydrogens (primary N) is 1. The Bertz CT molecular complexity index is 378. The molecule has 17 heavy (non-hydrogen) atoms. The van der Waals surface area contributed by atoms with Gasteiger partial charge in [0, 0.05) is 18.7 Å². The molecule has 0 bridgehead atoms. The maximum absolute atomic E-state index is 11.6. The first kappa shape index (κ1) is 13.7. The predicted molar refractivity (Wildman–Crippen MR) is 67.9 cm³/mol. The van der Waals surface area contributed by atoms with Gasteiger partial charge in [-0.05, 0) is 25.5 Å². The van der Waals surface area contributed by atoms with Gasteiger partial charge in [0.25, 0.3) is 5.91 Å². The summed E-state index contributed by atoms with van der Waals surface area (Å²) in [5, 5.41) is 13.4. The van der Waals surface area contributed by atoms with E-state index < -0.39 is 0 Å². The van der Waals surface area contributed by atoms with E-state index >= 15 is 0 Å². The second-order valence-corrected chi connectivity index (χ2v) is 4.23. The minimum Gasteiger partial charge on any atom is -0.396 e. The summed E-state index contributed by atoms with van der Waals surface area (Å²) in [4.78, 5) is 11.6. The molecule has 0 spiro atoms. The van der Waals surface area contributed by atoms with Crippen LogP contribution in [0.1, 0.15) is 17.5 Å². The van der Waals surface area contributed by atoms with E-state index in [2.05, 4.69) is 5.32 Å². The van der Waals surface area contributed by atoms with Crippen LogP contribution >= 0.6 is 0 Å². The van der Waals surface area contributed by atoms with Crippen molar-refractivity contribution in [1.29, 1.82) is 0 Å². The van der Waals surface area contributed by atoms with E-state index in [1.165, 1.54) is 5.56 Å². The third-order valence-corrected chi connectivity index (χ3v) is 2.55. The monoisotopic (exact) mass is 237 g/mol. The van der Waals surface area contributed by atoms with E-state index in [0.29, 0.717) is 6.54 Å². The number of benzene rings is 1. The lowest BCUT2D eigenvalue weighted by Gasteiger charge is -2.08. The third-order valence-electron chi connectivity index (χ3n) is 2.55. The molecule has 0 unspecified atom stereocenters. The number of quaternary nitrogens is 1. The molecule has 1 aromatic carbocycles. The average Bonchev–Trinajstić information content (AvgIpc) is 2.28. The Morgan fingerprint density at radius 3 is 2.82 bits per heavy atom. The second kappa shape index (κ2) is 7.04. The van der Waals surface area contributed by atoms with Crippen LogP contribution in [0.4, 0.5) is 5.69 Å². The minimum absolute atomic E-state index is 0.00473. The number of carbonyl (C=O) groups is 1. The number of anilines is 1. The number of aliphatic hydroxyl groups excluding tert-OH is 1. The van der Waals surface area contributed by atoms with Crippen molar-refractivity contribution in [2.45, 2.75) is 20.3 Å². The molecular formula is C13H21N2O2+. The van der Waals surface area contributed by atoms with E-state index in [1.54, 1.807) is 0 Å². The Morgan fingerprint density at radius 1 is 1.41 bits per heavy atom. The molecule has 0 aliphatic carbocycles. The summed E-state index contributed by atoms with van der Waals surface area (Å²) in [5.41, 5.74) is 3.14. The Labute approximate surface area is 102 Å². The van der Waals surface area contributed by atoms with Crippen LogP contribution in [0.15, 0.2) is 18.2 Å². The summed E-state index contributed by atoms with van der Waals surface area (Å²) in [6.07, 6.45) is 0.719. The highest BCUT2D eigenvalue weighted by molar-refractivity contribution is 5.92. The standard InChI is InChI=1S/C13H20N2O2/c1-10-4-5-12(11(2)8-10)15-13(17)9-14-6-3-7-16/h4-5,8,14,16H,3,6-7,9H2,1-2H3,(H,15,17)/p+1. The molecule has 0 atom stereocenters. The van der Waals surface area contributed by atoms with E-state index in [0.717, 1.165) is 24.2 Å². The third kappa shape index (κ3) is 4.97. The van der Waals surface area contributed by atoms with Crippen molar-refractivity contribution < 1.29 is 15.2 Å². The molecule has 0 saturated heterocycles. The van der Waals surface area contributed by atoms with Crippen molar-refractivity contribution >= 4 is 11.6 Å². The van der Waals surface area contributed by atoms with Gasteiger partial charge in [-0.25, -0.2) is 0 Å². The molecule has 4 nitrogen and oxygen atoms in total. The van der Waals surface area contributed by atoms with E-state index in [4.69, 9.17) is 5.11 Å². The maximum atomic E-state index is 11.6. The molecule has 0 saturated carbocycles. The number of aryl methyl sites for hydroxylation is 2. The zero-order chi connectivity index (χ0) is 12.7. The number of amides is 1. The van der Waals surface area contributed by atoms with Crippen molar-refractivity contribution in [2.75, 3.05) is 25.0 Å². The highest BCUT2D eigenvalue weighted by Crippen LogP contribution is 2.15. The molecule has 4 N–H and O–H groups in total. The predicted octanol–water partition coefficient (Wildman–Crippen LogP) is 0.188. The number of aliphatic hydroxyl groups is 1. The van der Waals surface area contributed by atoms with Gasteiger partial charge in [0.15, 0.2) is 6.54 Å². The first-order valence-electron chi connectivity index (χ1n) is 5.93. The second-order valence-electron chi connectivity index (χ2n) is 4.23. The largest absolute Gasteiger partial charge is 0.396 e. The molecular weight excluding hydrogens is 216 g/mol. The lowest BCUT2D eigenvalue weighted by atomic mass is 10.1. The van der Waals surface area contributed by atoms with E-state index in [1.807, 2.05) is 37.4 Å². The van der Waals surface area contributed by atoms with E-state index in [9.17, 15) is 4.79 Å². The van der Waals surface area contributed by atoms with Crippen LogP contribution in [-0.4, -0.2) is 30.7 Å². The van der Waals surface area contributed by atoms with Gasteiger partial charge in [-0.15, -0.1) is 0 Å². The van der Waals surface area contributed by atoms with Crippen LogP contribution < -0.4 is 10.6 Å². The molecule has 0 heterocycles. The maximum Gasteiger partial charge on any atom is 0.279 e. The Kier molecular flexibility index (Phi) is 5.66. The average molecular weight is 237 g/mol. The first-order chi connectivity index (χ1) is 8.13. The number of carbonyl (C=O) groups excluding carboxylic acids is 1. The van der Waals surface area contributed by atoms with Crippen LogP contribution in [0.5, 0.6) is 0 Å². The van der Waals surface area contributed by atoms with E-state index in [-0.39, 0.29) is 12.5 Å². The zero-order valence-electron chi connectivity index (χ0n) is 10.5. The fourth-order valence-electron chi connectivity index (χ4n) is 1.62. The highest BCUT2D eigenvalue weighted by Gasteiger charge is 2.06. The van der Waals surface area contributed by atoms with Gasteiger partial charge < -0.3 is 15.7 Å². The van der Waals surface area contributed by atoms with Crippen LogP contribution in [0, 0.1) is 13.8 Å². The van der Waals surface area contributed by atoms with Gasteiger partial charge in [0.2, 0.25) is 0 Å². The zero-order valence-corrected chi connectivity index (χ0v) is 10.5. The minimum atomic E-state index is -0.00473. The molecule has 1 aromatic rings. The fourth-order valence-corrected chi connectivity index (χ4v) is 1.62. The molecule has 0 radical (unpaired) electrons. The van der Waals surface area contributed by atoms with Gasteiger partial charge in [-0.3, -0.25) is 4.79 Å². The molecule has 1 rings (SSSR count). The van der Waals surface area contributed by atoms with Crippen LogP contribution in [0.25, 0.3) is 0 Å². The van der Waals surface area contributed by atoms with Gasteiger partial charge >= 0.3 is 0 Å². The fraction of sp³-hybridized carbons (Fsp3) is 0.462. The number of hydrogen-bond acceptors (Lipinski definition) is 2. The topological polar surface area (TPSA) is 65.9 Å². The Morgan fingerprint density at radius 2 is 2.18 bits per heavy atom. The first-order valence-corrected chi connectivity index (χ1v) is 5.93. The Balaban J connectivity index is 2.40. The lowest BCUT2D eigenvalue weighted by Crippen LogP contribution is -2.86. The van der Waals surface area contributed by atoms with Crippen LogP contribution in [-0.2, 0) is 4.79 Å². The lowest BCUT2D eigenvalue weighted by molar-refractivity contribution is -0.644. The molecule has 4 heteroatoms. The van der Waals surface area contributed by atoms with Crippen molar-refractivity contribution in [3.05, 3.63) is 29.3 Å². The summed E-state index contributed by atoms with van der Waals surface area (Å²) < 4.78 is 0. The highest BCUT2D eigenvalue weighted by atomic mass is 16.3. The summed E-state index contributed by atoms with van der Waals surface area (Å²) in [6.45, 7) is 5.36. The van der Waals surface area contributed by atoms with Gasteiger partial charge in [-0.1, -0.05) is 17.7 Å². The van der Waals surface area contributed by atoms with Crippen LogP contribution in [0.3, 0.4) is 0 Å². The SMILES string of the molecule is Cc1ccc(NC(=O)C[NH2+]CCCO)c(C)c1. The van der Waals surface area contributed by atoms with Gasteiger partial charge in [0.05, 0.1) is 6.54 Å². The molecule has 0 aromatic heterocycles. The summed E-state index contributed by atoms with van der Waals surface area (Å²) in [6, 6.07) is 5.96.